The SMILES string of the molecule is Cc1cc(C(=O)N2CCOCC2)c(Br)cc1F. The number of morpholine rings is 1. The Balaban J connectivity index is 2.26. The Kier molecular flexibility index (Phi) is 3.79. The number of aryl methyl sites for hydroxylation is 1. The van der Waals surface area contributed by atoms with Gasteiger partial charge in [-0.15, -0.1) is 0 Å². The second-order valence-electron chi connectivity index (χ2n) is 3.99. The summed E-state index contributed by atoms with van der Waals surface area (Å²) < 4.78 is 19.0. The van der Waals surface area contributed by atoms with Crippen LogP contribution >= 0.6 is 15.9 Å². The molecule has 0 aromatic heterocycles. The van der Waals surface area contributed by atoms with Crippen LogP contribution in [0.15, 0.2) is 16.6 Å². The van der Waals surface area contributed by atoms with Crippen LogP contribution in [0.2, 0.25) is 0 Å². The molecule has 17 heavy (non-hydrogen) atoms. The maximum Gasteiger partial charge on any atom is 0.255 e. The van der Waals surface area contributed by atoms with E-state index in [4.69, 9.17) is 4.74 Å². The zero-order valence-electron chi connectivity index (χ0n) is 9.50. The van der Waals surface area contributed by atoms with Gasteiger partial charge in [-0.3, -0.25) is 4.79 Å². The molecule has 0 atom stereocenters. The van der Waals surface area contributed by atoms with E-state index >= 15 is 0 Å². The number of halogens is 2. The second kappa shape index (κ2) is 5.14. The summed E-state index contributed by atoms with van der Waals surface area (Å²) in [5.41, 5.74) is 0.982. The number of rotatable bonds is 1. The molecule has 5 heteroatoms. The van der Waals surface area contributed by atoms with Crippen molar-refractivity contribution in [3.8, 4) is 0 Å². The summed E-state index contributed by atoms with van der Waals surface area (Å²) in [4.78, 5) is 13.9. The summed E-state index contributed by atoms with van der Waals surface area (Å²) in [6, 6.07) is 2.92. The lowest BCUT2D eigenvalue weighted by atomic mass is 10.1. The van der Waals surface area contributed by atoms with Gasteiger partial charge >= 0.3 is 0 Å². The minimum atomic E-state index is -0.310. The summed E-state index contributed by atoms with van der Waals surface area (Å²) in [6.07, 6.45) is 0. The minimum absolute atomic E-state index is 0.0803. The fourth-order valence-corrected chi connectivity index (χ4v) is 2.24. The van der Waals surface area contributed by atoms with E-state index in [1.165, 1.54) is 6.07 Å². The van der Waals surface area contributed by atoms with Crippen LogP contribution in [0.3, 0.4) is 0 Å². The molecule has 0 bridgehead atoms. The van der Waals surface area contributed by atoms with E-state index in [1.54, 1.807) is 17.9 Å². The number of amides is 1. The van der Waals surface area contributed by atoms with Crippen molar-refractivity contribution in [2.45, 2.75) is 6.92 Å². The lowest BCUT2D eigenvalue weighted by Crippen LogP contribution is -2.40. The van der Waals surface area contributed by atoms with E-state index in [1.807, 2.05) is 0 Å². The molecule has 0 unspecified atom stereocenters. The van der Waals surface area contributed by atoms with Crippen LogP contribution in [0, 0.1) is 12.7 Å². The normalized spacial score (nSPS) is 16.1. The second-order valence-corrected chi connectivity index (χ2v) is 4.84. The van der Waals surface area contributed by atoms with Crippen LogP contribution in [0.5, 0.6) is 0 Å². The van der Waals surface area contributed by atoms with E-state index in [2.05, 4.69) is 15.9 Å². The van der Waals surface area contributed by atoms with E-state index in [0.717, 1.165) is 0 Å². The summed E-state index contributed by atoms with van der Waals surface area (Å²) in [6.45, 7) is 3.94. The van der Waals surface area contributed by atoms with E-state index in [0.29, 0.717) is 41.9 Å². The van der Waals surface area contributed by atoms with E-state index in [9.17, 15) is 9.18 Å². The van der Waals surface area contributed by atoms with Gasteiger partial charge in [-0.25, -0.2) is 4.39 Å². The lowest BCUT2D eigenvalue weighted by molar-refractivity contribution is 0.0302. The fourth-order valence-electron chi connectivity index (χ4n) is 1.76. The van der Waals surface area contributed by atoms with Crippen LogP contribution in [-0.2, 0) is 4.74 Å². The van der Waals surface area contributed by atoms with Crippen molar-refractivity contribution in [1.82, 2.24) is 4.90 Å². The minimum Gasteiger partial charge on any atom is -0.378 e. The maximum atomic E-state index is 13.3. The summed E-state index contributed by atoms with van der Waals surface area (Å²) >= 11 is 3.23. The number of benzene rings is 1. The molecular formula is C12H13BrFNO2. The Hall–Kier alpha value is -0.940. The average molecular weight is 302 g/mol. The van der Waals surface area contributed by atoms with Crippen molar-refractivity contribution < 1.29 is 13.9 Å². The third-order valence-electron chi connectivity index (χ3n) is 2.78. The molecule has 3 nitrogen and oxygen atoms in total. The molecule has 0 aliphatic carbocycles. The van der Waals surface area contributed by atoms with Gasteiger partial charge in [0.15, 0.2) is 0 Å². The molecule has 0 N–H and O–H groups in total. The predicted octanol–water partition coefficient (Wildman–Crippen LogP) is 2.37. The van der Waals surface area contributed by atoms with Gasteiger partial charge in [0.25, 0.3) is 5.91 Å². The third-order valence-corrected chi connectivity index (χ3v) is 3.43. The highest BCUT2D eigenvalue weighted by atomic mass is 79.9. The van der Waals surface area contributed by atoms with E-state index in [-0.39, 0.29) is 11.7 Å². The van der Waals surface area contributed by atoms with Crippen molar-refractivity contribution >= 4 is 21.8 Å². The van der Waals surface area contributed by atoms with Crippen molar-refractivity contribution in [1.29, 1.82) is 0 Å². The Morgan fingerprint density at radius 3 is 2.71 bits per heavy atom. The smallest absolute Gasteiger partial charge is 0.255 e. The number of nitrogens with zero attached hydrogens (tertiary/aromatic N) is 1. The first kappa shape index (κ1) is 12.5. The number of ether oxygens (including phenoxy) is 1. The van der Waals surface area contributed by atoms with Gasteiger partial charge in [0, 0.05) is 17.6 Å². The van der Waals surface area contributed by atoms with Crippen molar-refractivity contribution in [2.24, 2.45) is 0 Å². The van der Waals surface area contributed by atoms with Crippen molar-refractivity contribution in [2.75, 3.05) is 26.3 Å². The first-order valence-electron chi connectivity index (χ1n) is 5.42. The Bertz CT molecular complexity index is 444. The summed E-state index contributed by atoms with van der Waals surface area (Å²) in [5.74, 6) is -0.390. The molecule has 1 aliphatic heterocycles. The number of carbonyl (C=O) groups excluding carboxylic acids is 1. The molecule has 1 amide bonds. The van der Waals surface area contributed by atoms with Crippen molar-refractivity contribution in [3.63, 3.8) is 0 Å². The van der Waals surface area contributed by atoms with Crippen LogP contribution < -0.4 is 0 Å². The molecule has 1 aliphatic rings. The molecule has 2 rings (SSSR count). The molecule has 1 fully saturated rings. The highest BCUT2D eigenvalue weighted by Gasteiger charge is 2.21. The van der Waals surface area contributed by atoms with Gasteiger partial charge in [0.05, 0.1) is 18.8 Å². The Morgan fingerprint density at radius 2 is 2.06 bits per heavy atom. The molecule has 92 valence electrons. The largest absolute Gasteiger partial charge is 0.378 e. The third kappa shape index (κ3) is 2.66. The predicted molar refractivity (Wildman–Crippen MR) is 65.6 cm³/mol. The van der Waals surface area contributed by atoms with Gasteiger partial charge in [-0.05, 0) is 40.5 Å². The molecule has 1 saturated heterocycles. The Morgan fingerprint density at radius 1 is 1.41 bits per heavy atom. The summed E-state index contributed by atoms with van der Waals surface area (Å²) in [7, 11) is 0. The maximum absolute atomic E-state index is 13.3. The highest BCUT2D eigenvalue weighted by Crippen LogP contribution is 2.22. The van der Waals surface area contributed by atoms with Crippen LogP contribution in [0.1, 0.15) is 15.9 Å². The highest BCUT2D eigenvalue weighted by molar-refractivity contribution is 9.10. The van der Waals surface area contributed by atoms with Crippen molar-refractivity contribution in [3.05, 3.63) is 33.5 Å². The quantitative estimate of drug-likeness (QED) is 0.797. The van der Waals surface area contributed by atoms with Gasteiger partial charge in [0.2, 0.25) is 0 Å². The first-order valence-corrected chi connectivity index (χ1v) is 6.21. The van der Waals surface area contributed by atoms with Crippen LogP contribution in [-0.4, -0.2) is 37.1 Å². The van der Waals surface area contributed by atoms with E-state index < -0.39 is 0 Å². The monoisotopic (exact) mass is 301 g/mol. The number of hydrogen-bond donors (Lipinski definition) is 0. The summed E-state index contributed by atoms with van der Waals surface area (Å²) in [5, 5.41) is 0. The molecule has 0 saturated carbocycles. The zero-order valence-corrected chi connectivity index (χ0v) is 11.1. The van der Waals surface area contributed by atoms with Crippen LogP contribution in [0.4, 0.5) is 4.39 Å². The van der Waals surface area contributed by atoms with Crippen LogP contribution in [0.25, 0.3) is 0 Å². The van der Waals surface area contributed by atoms with Gasteiger partial charge < -0.3 is 9.64 Å². The Labute approximate surface area is 108 Å². The average Bonchev–Trinajstić information content (AvgIpc) is 2.34. The molecule has 1 aromatic carbocycles. The first-order chi connectivity index (χ1) is 8.09. The fraction of sp³-hybridized carbons (Fsp3) is 0.417. The molecular weight excluding hydrogens is 289 g/mol. The molecule has 0 radical (unpaired) electrons. The van der Waals surface area contributed by atoms with Gasteiger partial charge in [-0.2, -0.15) is 0 Å². The molecule has 0 spiro atoms. The van der Waals surface area contributed by atoms with Gasteiger partial charge in [0.1, 0.15) is 5.82 Å². The zero-order chi connectivity index (χ0) is 12.4. The lowest BCUT2D eigenvalue weighted by Gasteiger charge is -2.27. The van der Waals surface area contributed by atoms with Gasteiger partial charge in [-0.1, -0.05) is 0 Å². The standard InChI is InChI=1S/C12H13BrFNO2/c1-8-6-9(10(13)7-11(8)14)12(16)15-2-4-17-5-3-15/h6-7H,2-5H2,1H3. The number of carbonyl (C=O) groups is 1. The topological polar surface area (TPSA) is 29.5 Å². The molecule has 1 heterocycles. The molecule has 1 aromatic rings. The number of hydrogen-bond acceptors (Lipinski definition) is 2.